The summed E-state index contributed by atoms with van der Waals surface area (Å²) in [5.74, 6) is -32.1. The van der Waals surface area contributed by atoms with E-state index >= 15 is 52.7 Å². The third kappa shape index (κ3) is 8.03. The molecule has 398 valence electrons. The van der Waals surface area contributed by atoms with Gasteiger partial charge in [-0.1, -0.05) is 60.7 Å². The summed E-state index contributed by atoms with van der Waals surface area (Å²) in [6.07, 6.45) is 0. The zero-order valence-electron chi connectivity index (χ0n) is 40.5. The van der Waals surface area contributed by atoms with Crippen LogP contribution in [0.5, 0.6) is 0 Å². The number of alkyl halides is 12. The minimum Gasteiger partial charge on any atom is -0.194 e. The molecule has 0 bridgehead atoms. The molecule has 0 unspecified atom stereocenters. The third-order valence-corrected chi connectivity index (χ3v) is 23.5. The summed E-state index contributed by atoms with van der Waals surface area (Å²) in [5.41, 5.74) is -5.68. The molecule has 12 rings (SSSR count). The number of thiophene rings is 8. The van der Waals surface area contributed by atoms with Crippen molar-refractivity contribution in [3.63, 3.8) is 0 Å². The molecule has 0 fully saturated rings. The normalized spacial score (nSPS) is 18.0. The van der Waals surface area contributed by atoms with Crippen molar-refractivity contribution < 1.29 is 52.7 Å². The van der Waals surface area contributed by atoms with Gasteiger partial charge in [0.1, 0.15) is 0 Å². The predicted molar refractivity (Wildman–Crippen MR) is 303 cm³/mol. The van der Waals surface area contributed by atoms with E-state index in [1.165, 1.54) is 97.3 Å². The summed E-state index contributed by atoms with van der Waals surface area (Å²) in [6, 6.07) is 37.5. The SMILES string of the molecule is Cc1sc(-c2ccccc2)cc1C1=C(c2cc(-c3ccc(-c4ccc(-c5ccc(-c6ccc(-c7cc(C8=C(c9cc(-c%10ccccc%10)sc9C)C(F)(F)C(F)(F)C8(F)F)c(C)s7)s6)s5)s4)s3)sc2C)C(F)(F)C(F)(F)C1(F)F. The van der Waals surface area contributed by atoms with E-state index in [4.69, 9.17) is 0 Å². The van der Waals surface area contributed by atoms with Crippen LogP contribution >= 0.6 is 90.7 Å². The number of allylic oxidation sites excluding steroid dienone is 4. The number of halogens is 12. The summed E-state index contributed by atoms with van der Waals surface area (Å²) in [5, 5.41) is 0. The van der Waals surface area contributed by atoms with Crippen LogP contribution < -0.4 is 0 Å². The Balaban J connectivity index is 0.811. The van der Waals surface area contributed by atoms with Crippen molar-refractivity contribution in [3.05, 3.63) is 175 Å². The van der Waals surface area contributed by atoms with Gasteiger partial charge in [-0.3, -0.25) is 0 Å². The van der Waals surface area contributed by atoms with Crippen molar-refractivity contribution in [3.8, 4) is 69.7 Å². The average Bonchev–Trinajstić information content (AvgIpc) is 3.32. The van der Waals surface area contributed by atoms with E-state index in [0.29, 0.717) is 40.4 Å². The van der Waals surface area contributed by atoms with Gasteiger partial charge in [0, 0.05) is 100 Å². The van der Waals surface area contributed by atoms with Crippen LogP contribution in [-0.2, 0) is 0 Å². The second-order valence-electron chi connectivity index (χ2n) is 18.7. The second-order valence-corrected chi connectivity index (χ2v) is 28.0. The highest BCUT2D eigenvalue weighted by atomic mass is 32.1. The fraction of sp³-hybridized carbons (Fsp3) is 0.172. The molecular weight excluding hydrogens is 1180 g/mol. The van der Waals surface area contributed by atoms with Gasteiger partial charge < -0.3 is 0 Å². The van der Waals surface area contributed by atoms with E-state index in [0.717, 1.165) is 74.6 Å². The smallest absolute Gasteiger partial charge is 0.194 e. The van der Waals surface area contributed by atoms with Gasteiger partial charge in [-0.25, -0.2) is 0 Å². The fourth-order valence-corrected chi connectivity index (χ4v) is 18.5. The first-order valence-corrected chi connectivity index (χ1v) is 30.1. The summed E-state index contributed by atoms with van der Waals surface area (Å²) in [4.78, 5) is 9.05. The first-order valence-electron chi connectivity index (χ1n) is 23.6. The van der Waals surface area contributed by atoms with Gasteiger partial charge in [-0.15, -0.1) is 90.7 Å². The van der Waals surface area contributed by atoms with Gasteiger partial charge >= 0.3 is 35.5 Å². The molecule has 0 spiro atoms. The highest BCUT2D eigenvalue weighted by Crippen LogP contribution is 2.68. The maximum Gasteiger partial charge on any atom is 0.380 e. The maximum absolute atomic E-state index is 16.0. The summed E-state index contributed by atoms with van der Waals surface area (Å²) >= 11 is 9.87. The number of aryl methyl sites for hydroxylation is 4. The number of hydrogen-bond acceptors (Lipinski definition) is 8. The van der Waals surface area contributed by atoms with E-state index < -0.39 is 57.8 Å². The van der Waals surface area contributed by atoms with Crippen LogP contribution in [0.4, 0.5) is 52.7 Å². The Morgan fingerprint density at radius 2 is 0.449 bits per heavy atom. The molecular formula is C58H34F12S8. The Labute approximate surface area is 470 Å². The Morgan fingerprint density at radius 3 is 0.692 bits per heavy atom. The van der Waals surface area contributed by atoms with Crippen molar-refractivity contribution in [2.45, 2.75) is 63.2 Å². The molecule has 2 aliphatic rings. The fourth-order valence-electron chi connectivity index (χ4n) is 9.93. The number of benzene rings is 2. The van der Waals surface area contributed by atoms with Crippen molar-refractivity contribution in [2.75, 3.05) is 0 Å². The van der Waals surface area contributed by atoms with Gasteiger partial charge in [-0.2, -0.15) is 52.7 Å². The maximum atomic E-state index is 16.0. The first kappa shape index (κ1) is 53.3. The Hall–Kier alpha value is -5.32. The molecule has 0 N–H and O–H groups in total. The van der Waals surface area contributed by atoms with Crippen molar-refractivity contribution in [1.29, 1.82) is 0 Å². The highest BCUT2D eigenvalue weighted by Gasteiger charge is 2.81. The monoisotopic (exact) mass is 1210 g/mol. The quantitative estimate of drug-likeness (QED) is 0.113. The molecule has 8 aromatic heterocycles. The second kappa shape index (κ2) is 18.6. The molecule has 0 saturated carbocycles. The van der Waals surface area contributed by atoms with Crippen molar-refractivity contribution in [1.82, 2.24) is 0 Å². The van der Waals surface area contributed by atoms with E-state index in [9.17, 15) is 0 Å². The van der Waals surface area contributed by atoms with Gasteiger partial charge in [0.25, 0.3) is 0 Å². The molecule has 20 heteroatoms. The highest BCUT2D eigenvalue weighted by molar-refractivity contribution is 7.30. The van der Waals surface area contributed by atoms with E-state index in [1.807, 2.05) is 36.4 Å². The molecule has 10 aromatic rings. The molecule has 0 atom stereocenters. The standard InChI is InChI=1S/C58H34F12S8/c1-27-33(23-45(71-27)31-11-7-5-8-12-31)49-51(55(63,64)57(67,68)53(49,59)60)35-25-47(73-29(35)3)43-21-19-41(77-43)39-17-15-37(75-39)38-16-18-40(76-38)42-20-22-44(78-42)48-26-36(30(4)74-48)52-50(54(61,62)58(69,70)56(52,65)66)34-24-46(72-28(34)2)32-13-9-6-10-14-32/h5-26H,1-4H3. The summed E-state index contributed by atoms with van der Waals surface area (Å²) < 4.78 is 189. The van der Waals surface area contributed by atoms with E-state index in [2.05, 4.69) is 0 Å². The molecule has 8 heterocycles. The van der Waals surface area contributed by atoms with Crippen molar-refractivity contribution in [2.24, 2.45) is 0 Å². The summed E-state index contributed by atoms with van der Waals surface area (Å²) in [6.45, 7) is 5.83. The lowest BCUT2D eigenvalue weighted by molar-refractivity contribution is -0.254. The van der Waals surface area contributed by atoms with Gasteiger partial charge in [0.15, 0.2) is 0 Å². The first-order chi connectivity index (χ1) is 36.8. The van der Waals surface area contributed by atoms with Gasteiger partial charge in [0.2, 0.25) is 0 Å². The van der Waals surface area contributed by atoms with E-state index in [1.54, 1.807) is 72.8 Å². The topological polar surface area (TPSA) is 0 Å². The Bertz CT molecular complexity index is 3790. The number of hydrogen-bond donors (Lipinski definition) is 0. The van der Waals surface area contributed by atoms with E-state index in [-0.39, 0.29) is 41.8 Å². The van der Waals surface area contributed by atoms with Crippen LogP contribution in [0, 0.1) is 27.7 Å². The lowest BCUT2D eigenvalue weighted by atomic mass is 9.94. The van der Waals surface area contributed by atoms with Crippen LogP contribution in [0.15, 0.2) is 133 Å². The molecule has 0 saturated heterocycles. The van der Waals surface area contributed by atoms with Crippen LogP contribution in [-0.4, -0.2) is 35.5 Å². The molecule has 78 heavy (non-hydrogen) atoms. The third-order valence-electron chi connectivity index (χ3n) is 13.8. The van der Waals surface area contributed by atoms with Crippen molar-refractivity contribution >= 4 is 113 Å². The zero-order chi connectivity index (χ0) is 55.2. The molecule has 0 radical (unpaired) electrons. The lowest BCUT2D eigenvalue weighted by Gasteiger charge is -2.25. The predicted octanol–water partition coefficient (Wildman–Crippen LogP) is 22.7. The zero-order valence-corrected chi connectivity index (χ0v) is 47.0. The molecule has 2 aromatic carbocycles. The minimum atomic E-state index is -5.70. The van der Waals surface area contributed by atoms with Crippen LogP contribution in [0.25, 0.3) is 91.9 Å². The molecule has 0 nitrogen and oxygen atoms in total. The van der Waals surface area contributed by atoms with Crippen LogP contribution in [0.3, 0.4) is 0 Å². The Kier molecular flexibility index (Phi) is 12.7. The largest absolute Gasteiger partial charge is 0.380 e. The summed E-state index contributed by atoms with van der Waals surface area (Å²) in [7, 11) is 0. The molecule has 2 aliphatic carbocycles. The Morgan fingerprint density at radius 1 is 0.244 bits per heavy atom. The number of rotatable bonds is 11. The minimum absolute atomic E-state index is 0.180. The van der Waals surface area contributed by atoms with Crippen LogP contribution in [0.2, 0.25) is 0 Å². The molecule has 0 aliphatic heterocycles. The molecule has 0 amide bonds. The van der Waals surface area contributed by atoms with Crippen LogP contribution in [0.1, 0.15) is 41.8 Å². The lowest BCUT2D eigenvalue weighted by Crippen LogP contribution is -2.48. The average molecular weight is 1220 g/mol. The van der Waals surface area contributed by atoms with Gasteiger partial charge in [0.05, 0.1) is 0 Å². The van der Waals surface area contributed by atoms with Gasteiger partial charge in [-0.05, 0) is 134 Å².